The molecule has 9 aromatic rings. The van der Waals surface area contributed by atoms with Gasteiger partial charge in [0.1, 0.15) is 5.82 Å². The number of rotatable bonds is 5. The Morgan fingerprint density at radius 2 is 1.20 bits per heavy atom. The molecule has 0 saturated carbocycles. The Hall–Kier alpha value is -6.58. The average Bonchev–Trinajstić information content (AvgIpc) is 3.54. The predicted molar refractivity (Wildman–Crippen MR) is 213 cm³/mol. The monoisotopic (exact) mass is 651 g/mol. The molecule has 0 bridgehead atoms. The molecule has 1 aliphatic carbocycles. The van der Waals surface area contributed by atoms with Crippen LogP contribution in [0.1, 0.15) is 23.7 Å². The van der Waals surface area contributed by atoms with E-state index in [2.05, 4.69) is 187 Å². The van der Waals surface area contributed by atoms with Crippen LogP contribution in [0, 0.1) is 0 Å². The molecule has 0 spiro atoms. The van der Waals surface area contributed by atoms with Gasteiger partial charge in [-0.1, -0.05) is 140 Å². The van der Waals surface area contributed by atoms with Crippen molar-refractivity contribution >= 4 is 49.1 Å². The van der Waals surface area contributed by atoms with Crippen molar-refractivity contribution in [1.82, 2.24) is 14.5 Å². The van der Waals surface area contributed by atoms with E-state index in [0.717, 1.165) is 45.7 Å². The third-order valence-electron chi connectivity index (χ3n) is 10.3. The molecule has 0 N–H and O–H groups in total. The SMILES string of the molecule is C1=C[C@H](c2nc(-c3ccccc3)c3cc(-c4ccc5c(c4)c4ccccc4n5-c4ccccc4)ccc3n2)CC=C1c1cccc2ccccc12. The molecule has 7 aromatic carbocycles. The molecule has 1 aliphatic rings. The number of aromatic nitrogens is 3. The molecule has 3 heteroatoms. The molecule has 0 aliphatic heterocycles. The highest BCUT2D eigenvalue weighted by Crippen LogP contribution is 2.38. The zero-order chi connectivity index (χ0) is 33.7. The first-order valence-corrected chi connectivity index (χ1v) is 17.6. The zero-order valence-electron chi connectivity index (χ0n) is 27.9. The molecular weight excluding hydrogens is 619 g/mol. The maximum atomic E-state index is 5.31. The Labute approximate surface area is 296 Å². The van der Waals surface area contributed by atoms with Crippen molar-refractivity contribution in [2.24, 2.45) is 0 Å². The molecule has 2 aromatic heterocycles. The van der Waals surface area contributed by atoms with Gasteiger partial charge < -0.3 is 4.57 Å². The number of hydrogen-bond donors (Lipinski definition) is 0. The first-order valence-electron chi connectivity index (χ1n) is 17.6. The van der Waals surface area contributed by atoms with Crippen molar-refractivity contribution in [2.75, 3.05) is 0 Å². The molecule has 0 amide bonds. The van der Waals surface area contributed by atoms with E-state index in [1.54, 1.807) is 0 Å². The van der Waals surface area contributed by atoms with Crippen molar-refractivity contribution in [3.05, 3.63) is 193 Å². The summed E-state index contributed by atoms with van der Waals surface area (Å²) in [5, 5.41) is 6.08. The van der Waals surface area contributed by atoms with Crippen LogP contribution in [0.4, 0.5) is 0 Å². The maximum absolute atomic E-state index is 5.31. The van der Waals surface area contributed by atoms with Gasteiger partial charge in [-0.15, -0.1) is 0 Å². The van der Waals surface area contributed by atoms with Crippen LogP contribution >= 0.6 is 0 Å². The predicted octanol–water partition coefficient (Wildman–Crippen LogP) is 12.3. The maximum Gasteiger partial charge on any atom is 0.136 e. The van der Waals surface area contributed by atoms with E-state index in [1.807, 2.05) is 0 Å². The van der Waals surface area contributed by atoms with E-state index in [1.165, 1.54) is 49.3 Å². The van der Waals surface area contributed by atoms with Crippen LogP contribution in [0.5, 0.6) is 0 Å². The summed E-state index contributed by atoms with van der Waals surface area (Å²) in [5.41, 5.74) is 11.4. The Morgan fingerprint density at radius 3 is 2.02 bits per heavy atom. The summed E-state index contributed by atoms with van der Waals surface area (Å²) >= 11 is 0. The lowest BCUT2D eigenvalue weighted by Crippen LogP contribution is -2.06. The molecule has 0 fully saturated rings. The van der Waals surface area contributed by atoms with Crippen molar-refractivity contribution in [1.29, 1.82) is 0 Å². The third-order valence-corrected chi connectivity index (χ3v) is 10.3. The van der Waals surface area contributed by atoms with E-state index < -0.39 is 0 Å². The van der Waals surface area contributed by atoms with Crippen molar-refractivity contribution < 1.29 is 0 Å². The minimum Gasteiger partial charge on any atom is -0.309 e. The fourth-order valence-corrected chi connectivity index (χ4v) is 7.80. The smallest absolute Gasteiger partial charge is 0.136 e. The Kier molecular flexibility index (Phi) is 6.95. The van der Waals surface area contributed by atoms with Crippen molar-refractivity contribution in [3.8, 4) is 28.1 Å². The van der Waals surface area contributed by atoms with Crippen LogP contribution in [0.3, 0.4) is 0 Å². The molecule has 240 valence electrons. The number of fused-ring (bicyclic) bond motifs is 5. The lowest BCUT2D eigenvalue weighted by molar-refractivity contribution is 0.783. The molecule has 0 saturated heterocycles. The van der Waals surface area contributed by atoms with Gasteiger partial charge in [0, 0.05) is 33.3 Å². The van der Waals surface area contributed by atoms with Crippen LogP contribution in [-0.4, -0.2) is 14.5 Å². The first kappa shape index (κ1) is 29.3. The largest absolute Gasteiger partial charge is 0.309 e. The average molecular weight is 652 g/mol. The molecular formula is C48H33N3. The molecule has 10 rings (SSSR count). The van der Waals surface area contributed by atoms with Crippen LogP contribution in [0.15, 0.2) is 182 Å². The minimum atomic E-state index is 0.0969. The highest BCUT2D eigenvalue weighted by atomic mass is 15.0. The molecule has 3 nitrogen and oxygen atoms in total. The van der Waals surface area contributed by atoms with Crippen molar-refractivity contribution in [3.63, 3.8) is 0 Å². The van der Waals surface area contributed by atoms with E-state index in [0.29, 0.717) is 0 Å². The Morgan fingerprint density at radius 1 is 0.510 bits per heavy atom. The van der Waals surface area contributed by atoms with Gasteiger partial charge in [0.05, 0.1) is 22.2 Å². The van der Waals surface area contributed by atoms with Gasteiger partial charge in [0.25, 0.3) is 0 Å². The van der Waals surface area contributed by atoms with Gasteiger partial charge in [0.15, 0.2) is 0 Å². The second-order valence-electron chi connectivity index (χ2n) is 13.3. The fraction of sp³-hybridized carbons (Fsp3) is 0.0417. The zero-order valence-corrected chi connectivity index (χ0v) is 27.9. The highest BCUT2D eigenvalue weighted by molar-refractivity contribution is 6.10. The Bertz CT molecular complexity index is 2820. The quantitative estimate of drug-likeness (QED) is 0.185. The first-order chi connectivity index (χ1) is 25.3. The summed E-state index contributed by atoms with van der Waals surface area (Å²) in [6, 6.07) is 58.5. The number of benzene rings is 7. The summed E-state index contributed by atoms with van der Waals surface area (Å²) in [5.74, 6) is 0.952. The van der Waals surface area contributed by atoms with Gasteiger partial charge in [-0.05, 0) is 81.9 Å². The van der Waals surface area contributed by atoms with Gasteiger partial charge in [0.2, 0.25) is 0 Å². The second-order valence-corrected chi connectivity index (χ2v) is 13.3. The standard InChI is InChI=1S/C48H33N3/c1-3-13-34(14-4-1)47-43-31-36(37-27-29-46-42(30-37)41-19-9-10-21-45(41)51(46)38-16-5-2-6-17-38)26-28-44(43)49-48(50-47)35-24-22-33(23-25-35)40-20-11-15-32-12-7-8-18-39(32)40/h1-24,26-31,35H,25H2/t35-/m0/s1. The van der Waals surface area contributed by atoms with Gasteiger partial charge in [-0.25, -0.2) is 9.97 Å². The van der Waals surface area contributed by atoms with E-state index in [-0.39, 0.29) is 5.92 Å². The van der Waals surface area contributed by atoms with Crippen LogP contribution in [0.2, 0.25) is 0 Å². The molecule has 0 unspecified atom stereocenters. The lowest BCUT2D eigenvalue weighted by Gasteiger charge is -2.18. The highest BCUT2D eigenvalue weighted by Gasteiger charge is 2.20. The number of nitrogens with zero attached hydrogens (tertiary/aromatic N) is 3. The molecule has 51 heavy (non-hydrogen) atoms. The van der Waals surface area contributed by atoms with Gasteiger partial charge in [-0.2, -0.15) is 0 Å². The van der Waals surface area contributed by atoms with E-state index in [4.69, 9.17) is 9.97 Å². The minimum absolute atomic E-state index is 0.0969. The summed E-state index contributed by atoms with van der Waals surface area (Å²) in [6.07, 6.45) is 7.72. The van der Waals surface area contributed by atoms with Crippen molar-refractivity contribution in [2.45, 2.75) is 12.3 Å². The van der Waals surface area contributed by atoms with Crippen LogP contribution < -0.4 is 0 Å². The van der Waals surface area contributed by atoms with Crippen LogP contribution in [0.25, 0.3) is 77.1 Å². The summed E-state index contributed by atoms with van der Waals surface area (Å²) in [6.45, 7) is 0. The third kappa shape index (κ3) is 5.05. The van der Waals surface area contributed by atoms with Crippen LogP contribution in [-0.2, 0) is 0 Å². The molecule has 2 heterocycles. The number of hydrogen-bond acceptors (Lipinski definition) is 2. The van der Waals surface area contributed by atoms with Gasteiger partial charge >= 0.3 is 0 Å². The van der Waals surface area contributed by atoms with E-state index >= 15 is 0 Å². The molecule has 0 radical (unpaired) electrons. The summed E-state index contributed by atoms with van der Waals surface area (Å²) in [7, 11) is 0. The Balaban J connectivity index is 1.06. The second kappa shape index (κ2) is 12.1. The number of para-hydroxylation sites is 2. The lowest BCUT2D eigenvalue weighted by atomic mass is 9.90. The van der Waals surface area contributed by atoms with Gasteiger partial charge in [-0.3, -0.25) is 0 Å². The normalized spacial score (nSPS) is 14.4. The summed E-state index contributed by atoms with van der Waals surface area (Å²) < 4.78 is 2.36. The topological polar surface area (TPSA) is 30.7 Å². The fourth-order valence-electron chi connectivity index (χ4n) is 7.80. The summed E-state index contributed by atoms with van der Waals surface area (Å²) in [4.78, 5) is 10.5. The number of allylic oxidation sites excluding steroid dienone is 4. The van der Waals surface area contributed by atoms with E-state index in [9.17, 15) is 0 Å². The molecule has 1 atom stereocenters.